The molecular weight excluding hydrogens is 427 g/mol. The number of rotatable bonds is 5. The molecular formula is C13H9Br2ClN2O3. The predicted molar refractivity (Wildman–Crippen MR) is 86.8 cm³/mol. The first-order chi connectivity index (χ1) is 10.0. The Morgan fingerprint density at radius 3 is 2.86 bits per heavy atom. The number of carbonyl (C=O) groups excluding carboxylic acids is 1. The molecule has 0 bridgehead atoms. The van der Waals surface area contributed by atoms with Gasteiger partial charge in [-0.1, -0.05) is 11.6 Å². The second kappa shape index (κ2) is 7.63. The third-order valence-corrected chi connectivity index (χ3v) is 3.51. The third kappa shape index (κ3) is 5.18. The quantitative estimate of drug-likeness (QED) is 0.570. The Kier molecular flexibility index (Phi) is 5.84. The fourth-order valence-electron chi connectivity index (χ4n) is 1.33. The molecule has 0 saturated carbocycles. The SMILES string of the molecule is O=C(COc1ccc(Cl)cc1Br)NN=Cc1ccc(Br)o1. The Hall–Kier alpha value is -1.31. The average molecular weight is 436 g/mol. The highest BCUT2D eigenvalue weighted by Gasteiger charge is 2.05. The summed E-state index contributed by atoms with van der Waals surface area (Å²) in [6.45, 7) is -0.167. The van der Waals surface area contributed by atoms with Crippen LogP contribution in [0.3, 0.4) is 0 Å². The maximum Gasteiger partial charge on any atom is 0.277 e. The fraction of sp³-hybridized carbons (Fsp3) is 0.0769. The largest absolute Gasteiger partial charge is 0.483 e. The van der Waals surface area contributed by atoms with Crippen LogP contribution in [0.4, 0.5) is 0 Å². The lowest BCUT2D eigenvalue weighted by atomic mass is 10.3. The summed E-state index contributed by atoms with van der Waals surface area (Å²) in [7, 11) is 0. The summed E-state index contributed by atoms with van der Waals surface area (Å²) in [5.41, 5.74) is 2.33. The smallest absolute Gasteiger partial charge is 0.277 e. The van der Waals surface area contributed by atoms with Crippen molar-refractivity contribution in [3.8, 4) is 5.75 Å². The number of carbonyl (C=O) groups is 1. The van der Waals surface area contributed by atoms with E-state index in [1.807, 2.05) is 0 Å². The minimum Gasteiger partial charge on any atom is -0.483 e. The van der Waals surface area contributed by atoms with Gasteiger partial charge in [-0.25, -0.2) is 5.43 Å². The lowest BCUT2D eigenvalue weighted by Crippen LogP contribution is -2.24. The van der Waals surface area contributed by atoms with Crippen LogP contribution < -0.4 is 10.2 Å². The van der Waals surface area contributed by atoms with Gasteiger partial charge >= 0.3 is 0 Å². The molecule has 2 aromatic rings. The van der Waals surface area contributed by atoms with Gasteiger partial charge in [0.05, 0.1) is 10.7 Å². The first-order valence-corrected chi connectivity index (χ1v) is 7.66. The highest BCUT2D eigenvalue weighted by molar-refractivity contribution is 9.10. The van der Waals surface area contributed by atoms with Gasteiger partial charge in [0.25, 0.3) is 5.91 Å². The molecule has 0 atom stereocenters. The van der Waals surface area contributed by atoms with Crippen molar-refractivity contribution < 1.29 is 13.9 Å². The van der Waals surface area contributed by atoms with Crippen LogP contribution in [0.2, 0.25) is 5.02 Å². The van der Waals surface area contributed by atoms with Crippen molar-refractivity contribution in [3.05, 3.63) is 50.3 Å². The number of halogens is 3. The molecule has 1 N–H and O–H groups in total. The van der Waals surface area contributed by atoms with E-state index >= 15 is 0 Å². The average Bonchev–Trinajstić information content (AvgIpc) is 2.83. The number of hydrazone groups is 1. The summed E-state index contributed by atoms with van der Waals surface area (Å²) in [5.74, 6) is 0.649. The van der Waals surface area contributed by atoms with Crippen LogP contribution in [0.25, 0.3) is 0 Å². The van der Waals surface area contributed by atoms with Crippen molar-refractivity contribution in [2.45, 2.75) is 0 Å². The number of hydrogen-bond donors (Lipinski definition) is 1. The molecule has 1 heterocycles. The fourth-order valence-corrected chi connectivity index (χ4v) is 2.45. The molecule has 0 radical (unpaired) electrons. The van der Waals surface area contributed by atoms with Crippen LogP contribution in [0.1, 0.15) is 5.76 Å². The number of amides is 1. The Balaban J connectivity index is 1.81. The van der Waals surface area contributed by atoms with Crippen LogP contribution in [0, 0.1) is 0 Å². The predicted octanol–water partition coefficient (Wildman–Crippen LogP) is 3.99. The van der Waals surface area contributed by atoms with Crippen LogP contribution >= 0.6 is 43.5 Å². The summed E-state index contributed by atoms with van der Waals surface area (Å²) in [5, 5.41) is 4.33. The van der Waals surface area contributed by atoms with Gasteiger partial charge in [-0.05, 0) is 62.2 Å². The van der Waals surface area contributed by atoms with E-state index in [0.717, 1.165) is 0 Å². The van der Waals surface area contributed by atoms with E-state index in [1.165, 1.54) is 6.21 Å². The van der Waals surface area contributed by atoms with Gasteiger partial charge in [0.2, 0.25) is 0 Å². The van der Waals surface area contributed by atoms with Crippen molar-refractivity contribution >= 4 is 55.6 Å². The Morgan fingerprint density at radius 1 is 1.38 bits per heavy atom. The van der Waals surface area contributed by atoms with Crippen molar-refractivity contribution in [1.29, 1.82) is 0 Å². The molecule has 0 aliphatic carbocycles. The monoisotopic (exact) mass is 434 g/mol. The summed E-state index contributed by atoms with van der Waals surface area (Å²) in [6, 6.07) is 8.46. The Bertz CT molecular complexity index is 673. The molecule has 5 nitrogen and oxygen atoms in total. The van der Waals surface area contributed by atoms with Crippen molar-refractivity contribution in [2.24, 2.45) is 5.10 Å². The minimum atomic E-state index is -0.390. The van der Waals surface area contributed by atoms with Crippen molar-refractivity contribution in [2.75, 3.05) is 6.61 Å². The number of benzene rings is 1. The van der Waals surface area contributed by atoms with E-state index in [2.05, 4.69) is 42.4 Å². The van der Waals surface area contributed by atoms with E-state index in [-0.39, 0.29) is 6.61 Å². The summed E-state index contributed by atoms with van der Waals surface area (Å²) in [4.78, 5) is 11.6. The highest BCUT2D eigenvalue weighted by Crippen LogP contribution is 2.27. The van der Waals surface area contributed by atoms with Crippen LogP contribution in [0.5, 0.6) is 5.75 Å². The van der Waals surface area contributed by atoms with Gasteiger partial charge < -0.3 is 9.15 Å². The molecule has 1 aromatic carbocycles. The summed E-state index contributed by atoms with van der Waals surface area (Å²) >= 11 is 12.3. The minimum absolute atomic E-state index is 0.167. The molecule has 0 aliphatic heterocycles. The zero-order chi connectivity index (χ0) is 15.2. The van der Waals surface area contributed by atoms with Gasteiger partial charge in [0.15, 0.2) is 11.3 Å². The van der Waals surface area contributed by atoms with Crippen LogP contribution in [-0.4, -0.2) is 18.7 Å². The number of nitrogens with one attached hydrogen (secondary N) is 1. The van der Waals surface area contributed by atoms with Crippen LogP contribution in [0.15, 0.2) is 49.0 Å². The first kappa shape index (κ1) is 16.1. The maximum absolute atomic E-state index is 11.6. The van der Waals surface area contributed by atoms with Gasteiger partial charge in [0, 0.05) is 5.02 Å². The second-order valence-corrected chi connectivity index (χ2v) is 5.87. The second-order valence-electron chi connectivity index (χ2n) is 3.80. The molecule has 8 heteroatoms. The zero-order valence-corrected chi connectivity index (χ0v) is 14.4. The standard InChI is InChI=1S/C13H9Br2ClN2O3/c14-10-5-8(16)1-3-11(10)20-7-13(19)18-17-6-9-2-4-12(15)21-9/h1-6H,7H2,(H,18,19). The number of hydrogen-bond acceptors (Lipinski definition) is 4. The molecule has 0 spiro atoms. The van der Waals surface area contributed by atoms with E-state index < -0.39 is 5.91 Å². The van der Waals surface area contributed by atoms with Gasteiger partial charge in [-0.3, -0.25) is 4.79 Å². The summed E-state index contributed by atoms with van der Waals surface area (Å²) < 4.78 is 11.8. The zero-order valence-electron chi connectivity index (χ0n) is 10.5. The van der Waals surface area contributed by atoms with Gasteiger partial charge in [-0.2, -0.15) is 5.10 Å². The summed E-state index contributed by atoms with van der Waals surface area (Å²) in [6.07, 6.45) is 1.39. The normalized spacial score (nSPS) is 10.8. The van der Waals surface area contributed by atoms with E-state index in [4.69, 9.17) is 20.8 Å². The van der Waals surface area contributed by atoms with E-state index in [0.29, 0.717) is 25.7 Å². The molecule has 2 rings (SSSR count). The van der Waals surface area contributed by atoms with Gasteiger partial charge in [-0.15, -0.1) is 0 Å². The lowest BCUT2D eigenvalue weighted by Gasteiger charge is -2.07. The molecule has 21 heavy (non-hydrogen) atoms. The molecule has 0 unspecified atom stereocenters. The Morgan fingerprint density at radius 2 is 2.19 bits per heavy atom. The number of furan rings is 1. The molecule has 0 aliphatic rings. The third-order valence-electron chi connectivity index (χ3n) is 2.23. The van der Waals surface area contributed by atoms with Gasteiger partial charge in [0.1, 0.15) is 11.5 Å². The van der Waals surface area contributed by atoms with Crippen molar-refractivity contribution in [3.63, 3.8) is 0 Å². The molecule has 1 aromatic heterocycles. The lowest BCUT2D eigenvalue weighted by molar-refractivity contribution is -0.123. The van der Waals surface area contributed by atoms with E-state index in [1.54, 1.807) is 30.3 Å². The Labute approximate surface area is 142 Å². The topological polar surface area (TPSA) is 63.8 Å². The van der Waals surface area contributed by atoms with Crippen LogP contribution in [-0.2, 0) is 4.79 Å². The van der Waals surface area contributed by atoms with E-state index in [9.17, 15) is 4.79 Å². The molecule has 0 fully saturated rings. The molecule has 1 amide bonds. The first-order valence-electron chi connectivity index (χ1n) is 5.69. The maximum atomic E-state index is 11.6. The highest BCUT2D eigenvalue weighted by atomic mass is 79.9. The molecule has 0 saturated heterocycles. The molecule has 110 valence electrons. The number of nitrogens with zero attached hydrogens (tertiary/aromatic N) is 1. The number of ether oxygens (including phenoxy) is 1. The van der Waals surface area contributed by atoms with Crippen molar-refractivity contribution in [1.82, 2.24) is 5.43 Å².